The van der Waals surface area contributed by atoms with Crippen LogP contribution in [0, 0.1) is 5.82 Å². The Kier molecular flexibility index (Phi) is 3.46. The summed E-state index contributed by atoms with van der Waals surface area (Å²) in [5.41, 5.74) is 3.16. The molecule has 0 N–H and O–H groups in total. The summed E-state index contributed by atoms with van der Waals surface area (Å²) in [7, 11) is 1.89. The van der Waals surface area contributed by atoms with E-state index in [1.807, 2.05) is 13.1 Å². The van der Waals surface area contributed by atoms with Crippen LogP contribution in [0.15, 0.2) is 42.5 Å². The van der Waals surface area contributed by atoms with E-state index < -0.39 is 0 Å². The average Bonchev–Trinajstić information content (AvgIpc) is 2.86. The van der Waals surface area contributed by atoms with Gasteiger partial charge in [-0.3, -0.25) is 4.90 Å². The lowest BCUT2D eigenvalue weighted by atomic mass is 10.1. The Hall–Kier alpha value is -2.47. The number of ether oxygens (including phenoxy) is 1. The minimum atomic E-state index is -0.268. The summed E-state index contributed by atoms with van der Waals surface area (Å²) < 4.78 is 20.7. The van der Waals surface area contributed by atoms with E-state index in [1.165, 1.54) is 17.7 Å². The molecular weight excluding hydrogens is 295 g/mol. The summed E-state index contributed by atoms with van der Waals surface area (Å²) >= 11 is 0. The van der Waals surface area contributed by atoms with Crippen LogP contribution in [0.2, 0.25) is 0 Å². The van der Waals surface area contributed by atoms with Gasteiger partial charge in [0.2, 0.25) is 0 Å². The molecule has 0 atom stereocenters. The summed E-state index contributed by atoms with van der Waals surface area (Å²) in [6.07, 6.45) is 0.122. The number of rotatable bonds is 4. The number of aromatic nitrogens is 3. The van der Waals surface area contributed by atoms with E-state index in [4.69, 9.17) is 4.74 Å². The van der Waals surface area contributed by atoms with E-state index in [0.717, 1.165) is 30.7 Å². The van der Waals surface area contributed by atoms with E-state index in [2.05, 4.69) is 27.3 Å². The molecule has 3 aromatic rings. The molecule has 0 spiro atoms. The zero-order chi connectivity index (χ0) is 15.8. The Morgan fingerprint density at radius 2 is 2.09 bits per heavy atom. The van der Waals surface area contributed by atoms with E-state index in [0.29, 0.717) is 5.75 Å². The van der Waals surface area contributed by atoms with Gasteiger partial charge >= 0.3 is 0 Å². The molecule has 1 aliphatic rings. The number of benzene rings is 2. The number of hydrogen-bond donors (Lipinski definition) is 0. The van der Waals surface area contributed by atoms with Crippen molar-refractivity contribution >= 4 is 11.0 Å². The molecule has 23 heavy (non-hydrogen) atoms. The fourth-order valence-corrected chi connectivity index (χ4v) is 2.90. The van der Waals surface area contributed by atoms with Gasteiger partial charge in [0.1, 0.15) is 23.2 Å². The second-order valence-corrected chi connectivity index (χ2v) is 5.93. The molecule has 2 aromatic carbocycles. The maximum absolute atomic E-state index is 13.1. The first-order valence-electron chi connectivity index (χ1n) is 7.60. The molecule has 0 saturated carbocycles. The lowest BCUT2D eigenvalue weighted by Gasteiger charge is -2.39. The average molecular weight is 312 g/mol. The molecule has 4 rings (SSSR count). The van der Waals surface area contributed by atoms with Crippen molar-refractivity contribution in [2.75, 3.05) is 13.1 Å². The third kappa shape index (κ3) is 2.90. The first-order valence-corrected chi connectivity index (χ1v) is 7.60. The first-order chi connectivity index (χ1) is 11.2. The van der Waals surface area contributed by atoms with Gasteiger partial charge in [-0.1, -0.05) is 17.3 Å². The van der Waals surface area contributed by atoms with Crippen LogP contribution in [0.5, 0.6) is 5.75 Å². The molecule has 0 aliphatic carbocycles. The van der Waals surface area contributed by atoms with Gasteiger partial charge < -0.3 is 4.74 Å². The minimum Gasteiger partial charge on any atom is -0.488 e. The normalized spacial score (nSPS) is 15.7. The highest BCUT2D eigenvalue weighted by Gasteiger charge is 2.28. The third-order valence-electron chi connectivity index (χ3n) is 4.10. The quantitative estimate of drug-likeness (QED) is 0.742. The summed E-state index contributed by atoms with van der Waals surface area (Å²) in [5.74, 6) is 0.326. The topological polar surface area (TPSA) is 43.2 Å². The van der Waals surface area contributed by atoms with E-state index in [1.54, 1.807) is 16.8 Å². The molecule has 0 unspecified atom stereocenters. The highest BCUT2D eigenvalue weighted by Crippen LogP contribution is 2.21. The van der Waals surface area contributed by atoms with Crippen LogP contribution in [-0.4, -0.2) is 39.1 Å². The summed E-state index contributed by atoms with van der Waals surface area (Å²) in [6.45, 7) is 2.54. The highest BCUT2D eigenvalue weighted by molar-refractivity contribution is 5.74. The Morgan fingerprint density at radius 1 is 1.22 bits per heavy atom. The number of aryl methyl sites for hydroxylation is 1. The maximum Gasteiger partial charge on any atom is 0.126 e. The molecule has 0 bridgehead atoms. The predicted octanol–water partition coefficient (Wildman–Crippen LogP) is 2.37. The van der Waals surface area contributed by atoms with E-state index >= 15 is 0 Å². The van der Waals surface area contributed by atoms with Gasteiger partial charge in [-0.25, -0.2) is 9.07 Å². The van der Waals surface area contributed by atoms with Crippen molar-refractivity contribution in [2.24, 2.45) is 7.05 Å². The Labute approximate surface area is 133 Å². The molecule has 6 heteroatoms. The second-order valence-electron chi connectivity index (χ2n) is 5.93. The number of fused-ring (bicyclic) bond motifs is 1. The Balaban J connectivity index is 1.34. The van der Waals surface area contributed by atoms with Crippen LogP contribution >= 0.6 is 0 Å². The van der Waals surface area contributed by atoms with Crippen LogP contribution in [-0.2, 0) is 13.6 Å². The van der Waals surface area contributed by atoms with Crippen LogP contribution in [0.3, 0.4) is 0 Å². The fraction of sp³-hybridized carbons (Fsp3) is 0.294. The molecule has 1 aromatic heterocycles. The van der Waals surface area contributed by atoms with Crippen molar-refractivity contribution in [3.8, 4) is 5.75 Å². The van der Waals surface area contributed by atoms with Crippen molar-refractivity contribution in [1.29, 1.82) is 0 Å². The van der Waals surface area contributed by atoms with Crippen LogP contribution < -0.4 is 4.74 Å². The Bertz CT molecular complexity index is 841. The molecule has 1 fully saturated rings. The van der Waals surface area contributed by atoms with Crippen LogP contribution in [0.4, 0.5) is 4.39 Å². The van der Waals surface area contributed by atoms with Crippen molar-refractivity contribution in [3.63, 3.8) is 0 Å². The van der Waals surface area contributed by atoms with Gasteiger partial charge in [0.05, 0.1) is 5.52 Å². The molecule has 1 saturated heterocycles. The SMILES string of the molecule is Cn1nnc2cc(CN3CC(Oc4cccc(F)c4)C3)ccc21. The summed E-state index contributed by atoms with van der Waals surface area (Å²) in [5, 5.41) is 8.16. The van der Waals surface area contributed by atoms with Gasteiger partial charge in [0.15, 0.2) is 0 Å². The minimum absolute atomic E-state index is 0.122. The molecule has 1 aliphatic heterocycles. The molecule has 0 amide bonds. The monoisotopic (exact) mass is 312 g/mol. The van der Waals surface area contributed by atoms with E-state index in [-0.39, 0.29) is 11.9 Å². The number of hydrogen-bond acceptors (Lipinski definition) is 4. The molecule has 0 radical (unpaired) electrons. The zero-order valence-electron chi connectivity index (χ0n) is 12.8. The largest absolute Gasteiger partial charge is 0.488 e. The van der Waals surface area contributed by atoms with Gasteiger partial charge in [0.25, 0.3) is 0 Å². The smallest absolute Gasteiger partial charge is 0.126 e. The fourth-order valence-electron chi connectivity index (χ4n) is 2.90. The lowest BCUT2D eigenvalue weighted by molar-refractivity contribution is 0.0144. The predicted molar refractivity (Wildman–Crippen MR) is 84.6 cm³/mol. The molecular formula is C17H17FN4O. The zero-order valence-corrected chi connectivity index (χ0v) is 12.8. The van der Waals surface area contributed by atoms with Gasteiger partial charge in [-0.2, -0.15) is 0 Å². The maximum atomic E-state index is 13.1. The molecule has 118 valence electrons. The van der Waals surface area contributed by atoms with E-state index in [9.17, 15) is 4.39 Å². The van der Waals surface area contributed by atoms with Gasteiger partial charge in [-0.15, -0.1) is 5.10 Å². The van der Waals surface area contributed by atoms with Gasteiger partial charge in [0, 0.05) is 32.7 Å². The summed E-state index contributed by atoms with van der Waals surface area (Å²) in [4.78, 5) is 2.29. The Morgan fingerprint density at radius 3 is 2.91 bits per heavy atom. The van der Waals surface area contributed by atoms with Crippen molar-refractivity contribution in [1.82, 2.24) is 19.9 Å². The standard InChI is InChI=1S/C17H17FN4O/c1-21-17-6-5-12(7-16(17)19-20-21)9-22-10-15(11-22)23-14-4-2-3-13(18)8-14/h2-8,15H,9-11H2,1H3. The third-order valence-corrected chi connectivity index (χ3v) is 4.10. The van der Waals surface area contributed by atoms with Crippen molar-refractivity contribution in [2.45, 2.75) is 12.6 Å². The number of halogens is 1. The second kappa shape index (κ2) is 5.62. The van der Waals surface area contributed by atoms with Crippen molar-refractivity contribution < 1.29 is 9.13 Å². The highest BCUT2D eigenvalue weighted by atomic mass is 19.1. The van der Waals surface area contributed by atoms with Crippen molar-refractivity contribution in [3.05, 3.63) is 53.8 Å². The number of likely N-dealkylation sites (tertiary alicyclic amines) is 1. The first kappa shape index (κ1) is 14.1. The lowest BCUT2D eigenvalue weighted by Crippen LogP contribution is -2.53. The number of nitrogens with zero attached hydrogens (tertiary/aromatic N) is 4. The van der Waals surface area contributed by atoms with Crippen LogP contribution in [0.25, 0.3) is 11.0 Å². The summed E-state index contributed by atoms with van der Waals surface area (Å²) in [6, 6.07) is 12.5. The van der Waals surface area contributed by atoms with Gasteiger partial charge in [-0.05, 0) is 29.8 Å². The van der Waals surface area contributed by atoms with Crippen LogP contribution in [0.1, 0.15) is 5.56 Å². The molecule has 5 nitrogen and oxygen atoms in total. The molecule has 2 heterocycles.